The van der Waals surface area contributed by atoms with Crippen molar-refractivity contribution in [2.45, 2.75) is 423 Å². The van der Waals surface area contributed by atoms with Gasteiger partial charge in [0.25, 0.3) is 0 Å². The van der Waals surface area contributed by atoms with E-state index in [4.69, 9.17) is 18.9 Å². The predicted octanol–water partition coefficient (Wildman–Crippen LogP) is 27.1. The smallest absolute Gasteiger partial charge is 0.744 e. The van der Waals surface area contributed by atoms with Crippen LogP contribution in [-0.2, 0) is 39.2 Å². The second-order valence-electron chi connectivity index (χ2n) is 30.0. The van der Waals surface area contributed by atoms with E-state index in [-0.39, 0.29) is 75.3 Å². The van der Waals surface area contributed by atoms with Crippen LogP contribution >= 0.6 is 0 Å². The molecule has 0 fully saturated rings. The Morgan fingerprint density at radius 3 is 0.606 bits per heavy atom. The molecule has 0 atom stereocenters. The quantitative estimate of drug-likeness (QED) is 0.0150. The van der Waals surface area contributed by atoms with Gasteiger partial charge in [-0.15, -0.1) is 0 Å². The summed E-state index contributed by atoms with van der Waals surface area (Å²) in [6, 6.07) is 7.15. The van der Waals surface area contributed by atoms with Crippen molar-refractivity contribution >= 4 is 81.9 Å². The molecule has 0 spiro atoms. The van der Waals surface area contributed by atoms with E-state index in [1.165, 1.54) is 320 Å². The second kappa shape index (κ2) is 77.0. The van der Waals surface area contributed by atoms with Crippen LogP contribution in [0.4, 0.5) is 0 Å². The Morgan fingerprint density at radius 2 is 0.422 bits per heavy atom. The molecule has 2 aromatic carbocycles. The number of ether oxygens (including phenoxy) is 4. The number of hydrogen-bond donors (Lipinski definition) is 0. The molecule has 0 saturated heterocycles. The van der Waals surface area contributed by atoms with Crippen molar-refractivity contribution in [3.05, 3.63) is 107 Å². The largest absolute Gasteiger partial charge is 2.00 e. The topological polar surface area (TPSA) is 220 Å². The van der Waals surface area contributed by atoms with Crippen LogP contribution in [0.5, 0.6) is 0 Å². The molecule has 109 heavy (non-hydrogen) atoms. The van der Waals surface area contributed by atoms with Gasteiger partial charge in [-0.25, -0.2) is 36.0 Å². The molecule has 0 aromatic heterocycles. The molecular weight excluding hydrogens is 1430 g/mol. The van der Waals surface area contributed by atoms with Gasteiger partial charge < -0.3 is 28.1 Å². The minimum atomic E-state index is -5.03. The van der Waals surface area contributed by atoms with Gasteiger partial charge in [-0.2, -0.15) is 0 Å². The summed E-state index contributed by atoms with van der Waals surface area (Å²) in [7, 11) is -10.1. The summed E-state index contributed by atoms with van der Waals surface area (Å²) in [5.74, 6) is -3.74. The summed E-state index contributed by atoms with van der Waals surface area (Å²) < 4.78 is 93.2. The molecule has 0 amide bonds. The number of carbonyl (C=O) groups is 4. The first-order valence-corrected chi connectivity index (χ1v) is 46.9. The maximum Gasteiger partial charge on any atom is 2.00 e. The van der Waals surface area contributed by atoms with Crippen LogP contribution in [0.15, 0.2) is 94.8 Å². The number of carbonyl (C=O) groups excluding carboxylic acids is 4. The molecule has 17 heteroatoms. The standard InChI is InChI=1S/2C46H78O7S.Ca/c2*1-3-5-7-9-11-13-15-17-19-21-23-25-27-29-31-33-35-40-52-45(47)42-38-37-39-43(54(49,50)51)44(42)46(48)53-41-36-34-32-30-28-26-24-22-20-18-16-14-12-10-8-6-4-2;/h2*29-32,37-39H,3-28,33-36,40-41H2,1-2H3,(H,49,50,51);/q;;+2/p-2/b2*31-29+,32-30+;. The maximum atomic E-state index is 13.0. The SMILES string of the molecule is CCCCCCCCCCCCCC/C=C/CCCOC(=O)c1cccc(S(=O)(=O)[O-])c1C(=O)OCCC/C=C/CCCCCCCCCCCCCC.CCCCCCCCCCCCCC/C=C/CCCOC(=O)c1cccc(S(=O)(=O)[O-])c1C(=O)OCCC/C=C/CCCCCCCCCCCCCC.[Ca+2]. The number of esters is 4. The van der Waals surface area contributed by atoms with Gasteiger partial charge in [0.15, 0.2) is 0 Å². The van der Waals surface area contributed by atoms with Crippen molar-refractivity contribution in [2.24, 2.45) is 0 Å². The first-order valence-electron chi connectivity index (χ1n) is 44.1. The van der Waals surface area contributed by atoms with Crippen molar-refractivity contribution in [3.8, 4) is 0 Å². The molecule has 0 unspecified atom stereocenters. The molecule has 0 saturated carbocycles. The average molecular weight is 1590 g/mol. The van der Waals surface area contributed by atoms with Crippen molar-refractivity contribution in [1.82, 2.24) is 0 Å². The zero-order valence-corrected chi connectivity index (χ0v) is 73.4. The van der Waals surface area contributed by atoms with Crippen LogP contribution in [0.2, 0.25) is 0 Å². The van der Waals surface area contributed by atoms with Crippen LogP contribution in [0.1, 0.15) is 454 Å². The minimum Gasteiger partial charge on any atom is -0.744 e. The Balaban J connectivity index is 0.00000212. The van der Waals surface area contributed by atoms with Crippen LogP contribution in [0.25, 0.3) is 0 Å². The van der Waals surface area contributed by atoms with Gasteiger partial charge in [0, 0.05) is 0 Å². The Labute approximate surface area is 696 Å². The second-order valence-corrected chi connectivity index (χ2v) is 32.7. The zero-order chi connectivity index (χ0) is 78.8. The third-order valence-corrected chi connectivity index (χ3v) is 21.8. The van der Waals surface area contributed by atoms with Crippen LogP contribution < -0.4 is 0 Å². The van der Waals surface area contributed by atoms with Gasteiger partial charge in [0.1, 0.15) is 20.2 Å². The fraction of sp³-hybridized carbons (Fsp3) is 0.739. The van der Waals surface area contributed by atoms with Crippen molar-refractivity contribution in [2.75, 3.05) is 26.4 Å². The van der Waals surface area contributed by atoms with E-state index in [1.54, 1.807) is 0 Å². The summed E-state index contributed by atoms with van der Waals surface area (Å²) in [5, 5.41) is 0. The Morgan fingerprint density at radius 1 is 0.257 bits per heavy atom. The van der Waals surface area contributed by atoms with E-state index < -0.39 is 65.0 Å². The van der Waals surface area contributed by atoms with Crippen LogP contribution in [-0.4, -0.2) is 114 Å². The molecule has 0 radical (unpaired) electrons. The van der Waals surface area contributed by atoms with E-state index in [2.05, 4.69) is 76.3 Å². The van der Waals surface area contributed by atoms with Gasteiger partial charge in [0.05, 0.1) is 58.5 Å². The van der Waals surface area contributed by atoms with Gasteiger partial charge in [-0.05, 0) is 127 Å². The first-order chi connectivity index (χ1) is 52.6. The van der Waals surface area contributed by atoms with Gasteiger partial charge in [0.2, 0.25) is 0 Å². The molecule has 0 aliphatic heterocycles. The Bertz CT molecular complexity index is 2670. The predicted molar refractivity (Wildman–Crippen MR) is 452 cm³/mol. The number of benzene rings is 2. The Hall–Kier alpha value is -3.64. The first kappa shape index (κ1) is 105. The van der Waals surface area contributed by atoms with E-state index >= 15 is 0 Å². The summed E-state index contributed by atoms with van der Waals surface area (Å²) >= 11 is 0. The Kier molecular flexibility index (Phi) is 74.4. The average Bonchev–Trinajstić information content (AvgIpc) is 0.798. The molecule has 0 aliphatic rings. The monoisotopic (exact) mass is 1590 g/mol. The molecule has 2 aromatic rings. The molecule has 0 bridgehead atoms. The zero-order valence-electron chi connectivity index (χ0n) is 69.6. The van der Waals surface area contributed by atoms with E-state index in [0.29, 0.717) is 38.5 Å². The van der Waals surface area contributed by atoms with Gasteiger partial charge in [-0.3, -0.25) is 0 Å². The van der Waals surface area contributed by atoms with Crippen molar-refractivity contribution in [3.63, 3.8) is 0 Å². The minimum absolute atomic E-state index is 0. The molecule has 0 heterocycles. The molecule has 14 nitrogen and oxygen atoms in total. The third-order valence-electron chi connectivity index (χ3n) is 20.0. The summed E-state index contributed by atoms with van der Waals surface area (Å²) in [5.41, 5.74) is -1.66. The third kappa shape index (κ3) is 62.4. The molecule has 2 rings (SSSR count). The fourth-order valence-corrected chi connectivity index (χ4v) is 14.7. The fourth-order valence-electron chi connectivity index (χ4n) is 13.4. The number of rotatable bonds is 74. The molecule has 0 N–H and O–H groups in total. The maximum absolute atomic E-state index is 13.0. The summed E-state index contributed by atoms with van der Waals surface area (Å²) in [6.07, 6.45) is 90.0. The van der Waals surface area contributed by atoms with E-state index in [9.17, 15) is 45.1 Å². The van der Waals surface area contributed by atoms with Crippen molar-refractivity contribution in [1.29, 1.82) is 0 Å². The van der Waals surface area contributed by atoms with E-state index in [1.807, 2.05) is 0 Å². The van der Waals surface area contributed by atoms with Crippen molar-refractivity contribution < 1.29 is 64.1 Å². The van der Waals surface area contributed by atoms with Gasteiger partial charge in [-0.1, -0.05) is 371 Å². The number of allylic oxidation sites excluding steroid dienone is 8. The van der Waals surface area contributed by atoms with Crippen LogP contribution in [0.3, 0.4) is 0 Å². The number of hydrogen-bond acceptors (Lipinski definition) is 14. The normalized spacial score (nSPS) is 11.8. The number of unbranched alkanes of at least 4 members (excludes halogenated alkanes) is 52. The summed E-state index contributed by atoms with van der Waals surface area (Å²) in [4.78, 5) is 50.3. The molecule has 0 aliphatic carbocycles. The molecule has 620 valence electrons. The van der Waals surface area contributed by atoms with Gasteiger partial charge >= 0.3 is 61.6 Å². The summed E-state index contributed by atoms with van der Waals surface area (Å²) in [6.45, 7) is 9.32. The van der Waals surface area contributed by atoms with E-state index in [0.717, 1.165) is 63.5 Å². The molecular formula is C92H154CaO14S2. The van der Waals surface area contributed by atoms with Crippen LogP contribution in [0, 0.1) is 0 Å².